The highest BCUT2D eigenvalue weighted by Crippen LogP contribution is 2.19. The molecule has 0 aliphatic rings. The normalized spacial score (nSPS) is 11.4. The first-order chi connectivity index (χ1) is 32.2. The Labute approximate surface area is 392 Å². The summed E-state index contributed by atoms with van der Waals surface area (Å²) < 4.78 is 34.3. The van der Waals surface area contributed by atoms with Gasteiger partial charge in [-0.05, 0) is 117 Å². The summed E-state index contributed by atoms with van der Waals surface area (Å²) in [6.45, 7) is 16.2. The van der Waals surface area contributed by atoms with E-state index in [1.807, 2.05) is 27.7 Å². The van der Waals surface area contributed by atoms with Crippen molar-refractivity contribution in [2.75, 3.05) is 0 Å². The highest BCUT2D eigenvalue weighted by molar-refractivity contribution is 5.95. The van der Waals surface area contributed by atoms with Gasteiger partial charge in [0.1, 0.15) is 41.4 Å². The second kappa shape index (κ2) is 35.3. The fourth-order valence-electron chi connectivity index (χ4n) is 4.77. The maximum Gasteiger partial charge on any atom is 0.200 e. The van der Waals surface area contributed by atoms with E-state index in [0.717, 1.165) is 25.7 Å². The van der Waals surface area contributed by atoms with Gasteiger partial charge in [-0.2, -0.15) is 0 Å². The van der Waals surface area contributed by atoms with E-state index < -0.39 is 18.3 Å². The molecule has 7 aromatic rings. The van der Waals surface area contributed by atoms with Crippen LogP contribution in [0.5, 0.6) is 0 Å². The van der Waals surface area contributed by atoms with Gasteiger partial charge in [0.15, 0.2) is 40.4 Å². The Kier molecular flexibility index (Phi) is 30.6. The topological polar surface area (TPSA) is 221 Å². The van der Waals surface area contributed by atoms with E-state index in [2.05, 4.69) is 13.5 Å². The van der Waals surface area contributed by atoms with E-state index in [0.29, 0.717) is 53.2 Å². The van der Waals surface area contributed by atoms with E-state index in [-0.39, 0.29) is 29.1 Å². The Morgan fingerprint density at radius 3 is 1.45 bits per heavy atom. The molecule has 0 amide bonds. The van der Waals surface area contributed by atoms with Gasteiger partial charge in [-0.3, -0.25) is 19.2 Å². The van der Waals surface area contributed by atoms with Crippen molar-refractivity contribution in [3.05, 3.63) is 188 Å². The Balaban J connectivity index is 0.000000392. The molecule has 14 nitrogen and oxygen atoms in total. The molecule has 0 saturated heterocycles. The number of unbranched alkanes of at least 4 members (excludes halogenated alkanes) is 1. The minimum Gasteiger partial charge on any atom is -0.467 e. The lowest BCUT2D eigenvalue weighted by atomic mass is 10.1. The number of ketones is 4. The van der Waals surface area contributed by atoms with Crippen LogP contribution in [0.25, 0.3) is 6.08 Å². The van der Waals surface area contributed by atoms with Crippen LogP contribution >= 0.6 is 0 Å². The van der Waals surface area contributed by atoms with Crippen molar-refractivity contribution in [3.63, 3.8) is 0 Å². The number of hydrogen-bond acceptors (Lipinski definition) is 14. The zero-order valence-corrected chi connectivity index (χ0v) is 39.4. The lowest BCUT2D eigenvalue weighted by Gasteiger charge is -2.04. The highest BCUT2D eigenvalue weighted by Gasteiger charge is 2.12. The summed E-state index contributed by atoms with van der Waals surface area (Å²) in [6, 6.07) is 24.3. The van der Waals surface area contributed by atoms with Crippen molar-refractivity contribution in [1.82, 2.24) is 0 Å². The summed E-state index contributed by atoms with van der Waals surface area (Å²) in [4.78, 5) is 43.3. The van der Waals surface area contributed by atoms with Crippen LogP contribution in [0.4, 0.5) is 0 Å². The third-order valence-corrected chi connectivity index (χ3v) is 8.47. The number of hydrogen-bond donors (Lipinski definition) is 3. The number of Topliss-reactive ketones (excluding diaryl/α,β-unsaturated/α-hetero) is 3. The number of furan rings is 7. The van der Waals surface area contributed by atoms with Crippen LogP contribution in [0, 0.1) is 5.92 Å². The van der Waals surface area contributed by atoms with Crippen LogP contribution < -0.4 is 0 Å². The van der Waals surface area contributed by atoms with Crippen LogP contribution in [0.15, 0.2) is 178 Å². The molecule has 7 heterocycles. The molecule has 0 bridgehead atoms. The van der Waals surface area contributed by atoms with Crippen molar-refractivity contribution in [1.29, 1.82) is 0 Å². The molecule has 0 fully saturated rings. The fraction of sp³-hybridized carbons (Fsp3) is 0.321. The third-order valence-electron chi connectivity index (χ3n) is 8.47. The van der Waals surface area contributed by atoms with Gasteiger partial charge in [0.25, 0.3) is 0 Å². The summed E-state index contributed by atoms with van der Waals surface area (Å²) in [5.41, 5.74) is 0. The second-order valence-corrected chi connectivity index (χ2v) is 14.4. The highest BCUT2D eigenvalue weighted by atomic mass is 16.4. The molecule has 14 heteroatoms. The summed E-state index contributed by atoms with van der Waals surface area (Å²) in [7, 11) is 0. The fourth-order valence-corrected chi connectivity index (χ4v) is 4.77. The molecule has 7 rings (SSSR count). The number of allylic oxidation sites excluding steroid dienone is 1. The molecule has 3 N–H and O–H groups in total. The third kappa shape index (κ3) is 25.9. The van der Waals surface area contributed by atoms with Gasteiger partial charge in [0, 0.05) is 25.7 Å². The maximum absolute atomic E-state index is 11.1. The van der Waals surface area contributed by atoms with Gasteiger partial charge in [-0.25, -0.2) is 0 Å². The van der Waals surface area contributed by atoms with Gasteiger partial charge in [-0.1, -0.05) is 53.5 Å². The standard InChI is InChI=1S/C9H10O2.C9H14O2.2C8H10O2.C7H8O2.C6H8O2.C6H6O2/c1-2-8(10)5-6-9-4-3-7-11-9;1-2-3-5-8(10)9-6-4-7-11-9;1-6(2)8(9)7-4-3-5-10-7;1-2-4-7(9)8-5-3-6-10-8;1-2-6(8)7-4-3-5-9-7;2*1-5(7)6-3-2-4-8-6/h3-7H,2H2,1H3;4,6-8,10H,2-3,5H2,1H3;3-6H,1-2H3;3,5-6H,2,4H2,1H3;2-6,8H,1H2;2-5,7H,1H3;2-4H,1H3/b6-5+;;;;;;. The van der Waals surface area contributed by atoms with E-state index >= 15 is 0 Å². The van der Waals surface area contributed by atoms with E-state index in [1.165, 1.54) is 44.1 Å². The first-order valence-corrected chi connectivity index (χ1v) is 21.9. The van der Waals surface area contributed by atoms with Crippen molar-refractivity contribution >= 4 is 29.2 Å². The number of rotatable bonds is 16. The van der Waals surface area contributed by atoms with Crippen LogP contribution in [-0.2, 0) is 4.79 Å². The van der Waals surface area contributed by atoms with Crippen molar-refractivity contribution < 1.29 is 65.4 Å². The van der Waals surface area contributed by atoms with Gasteiger partial charge in [0.2, 0.25) is 0 Å². The maximum atomic E-state index is 11.1. The molecular weight excluding hydrogens is 861 g/mol. The Morgan fingerprint density at radius 1 is 0.597 bits per heavy atom. The molecule has 3 unspecified atom stereocenters. The van der Waals surface area contributed by atoms with Crippen LogP contribution in [0.2, 0.25) is 0 Å². The lowest BCUT2D eigenvalue weighted by molar-refractivity contribution is -0.114. The van der Waals surface area contributed by atoms with E-state index in [1.54, 1.807) is 117 Å². The lowest BCUT2D eigenvalue weighted by Crippen LogP contribution is -2.05. The summed E-state index contributed by atoms with van der Waals surface area (Å²) >= 11 is 0. The molecule has 0 saturated carbocycles. The molecule has 0 spiro atoms. The molecule has 67 heavy (non-hydrogen) atoms. The number of aliphatic hydroxyl groups excluding tert-OH is 3. The molecule has 0 aromatic carbocycles. The predicted molar refractivity (Wildman–Crippen MR) is 254 cm³/mol. The summed E-state index contributed by atoms with van der Waals surface area (Å²) in [5, 5.41) is 27.3. The Bertz CT molecular complexity index is 2240. The average molecular weight is 927 g/mol. The van der Waals surface area contributed by atoms with Crippen molar-refractivity contribution in [2.45, 2.75) is 105 Å². The smallest absolute Gasteiger partial charge is 0.200 e. The molecule has 3 atom stereocenters. The molecule has 0 aliphatic heterocycles. The second-order valence-electron chi connectivity index (χ2n) is 14.4. The Morgan fingerprint density at radius 2 is 1.07 bits per heavy atom. The minimum absolute atomic E-state index is 0.0196. The predicted octanol–water partition coefficient (Wildman–Crippen LogP) is 13.5. The SMILES string of the molecule is C=CC(O)c1ccco1.CC(=O)c1ccco1.CC(C)C(=O)c1ccco1.CC(O)c1ccco1.CCC(=O)/C=C/c1ccco1.CCCC(=O)c1ccco1.CCCCC(O)c1ccco1. The average Bonchev–Trinajstić information content (AvgIpc) is 4.19. The monoisotopic (exact) mass is 926 g/mol. The zero-order valence-electron chi connectivity index (χ0n) is 39.4. The summed E-state index contributed by atoms with van der Waals surface area (Å²) in [6.07, 6.45) is 18.7. The van der Waals surface area contributed by atoms with E-state index in [9.17, 15) is 24.3 Å². The molecule has 0 radical (unpaired) electrons. The number of carbonyl (C=O) groups is 4. The van der Waals surface area contributed by atoms with Crippen LogP contribution in [0.3, 0.4) is 0 Å². The molecule has 0 aliphatic carbocycles. The van der Waals surface area contributed by atoms with Gasteiger partial charge in [0.05, 0.1) is 43.8 Å². The van der Waals surface area contributed by atoms with Crippen molar-refractivity contribution in [3.8, 4) is 0 Å². The van der Waals surface area contributed by atoms with Crippen LogP contribution in [0.1, 0.15) is 160 Å². The van der Waals surface area contributed by atoms with Gasteiger partial charge >= 0.3 is 0 Å². The molecule has 362 valence electrons. The Hall–Kier alpha value is -7.00. The van der Waals surface area contributed by atoms with Gasteiger partial charge in [-0.15, -0.1) is 6.58 Å². The number of aliphatic hydroxyl groups is 3. The first kappa shape index (κ1) is 58.0. The summed E-state index contributed by atoms with van der Waals surface area (Å²) in [5.74, 6) is 4.14. The van der Waals surface area contributed by atoms with Gasteiger partial charge < -0.3 is 46.2 Å². The largest absolute Gasteiger partial charge is 0.467 e. The zero-order chi connectivity index (χ0) is 49.8. The quantitative estimate of drug-likeness (QED) is 0.0466. The first-order valence-electron chi connectivity index (χ1n) is 21.9. The van der Waals surface area contributed by atoms with Crippen molar-refractivity contribution in [2.24, 2.45) is 5.92 Å². The molecular formula is C53H66O14. The van der Waals surface area contributed by atoms with E-state index in [4.69, 9.17) is 41.1 Å². The van der Waals surface area contributed by atoms with Crippen LogP contribution in [-0.4, -0.2) is 38.5 Å². The minimum atomic E-state index is -0.667. The number of carbonyl (C=O) groups excluding carboxylic acids is 4. The molecule has 7 aromatic heterocycles.